The van der Waals surface area contributed by atoms with Gasteiger partial charge in [-0.05, 0) is 6.92 Å². The van der Waals surface area contributed by atoms with Crippen molar-refractivity contribution in [1.82, 2.24) is 10.3 Å². The van der Waals surface area contributed by atoms with Gasteiger partial charge in [-0.2, -0.15) is 0 Å². The molecule has 0 unspecified atom stereocenters. The predicted molar refractivity (Wildman–Crippen MR) is 80.9 cm³/mol. The van der Waals surface area contributed by atoms with Crippen molar-refractivity contribution in [2.75, 3.05) is 5.75 Å². The van der Waals surface area contributed by atoms with Gasteiger partial charge in [0.2, 0.25) is 5.91 Å². The molecule has 0 bridgehead atoms. The van der Waals surface area contributed by atoms with Crippen LogP contribution in [0.5, 0.6) is 0 Å². The number of hydrogen-bond acceptors (Lipinski definition) is 4. The molecule has 0 saturated carbocycles. The lowest BCUT2D eigenvalue weighted by Crippen LogP contribution is -2.13. The van der Waals surface area contributed by atoms with Crippen LogP contribution in [-0.4, -0.2) is 16.6 Å². The molecule has 2 heterocycles. The number of aromatic nitrogens is 1. The molecule has 1 aliphatic rings. The van der Waals surface area contributed by atoms with Crippen LogP contribution >= 0.6 is 23.1 Å². The number of nitrogens with one attached hydrogen (secondary N) is 1. The molecule has 96 valence electrons. The molecule has 5 heteroatoms. The Morgan fingerprint density at radius 2 is 2.11 bits per heavy atom. The Labute approximate surface area is 119 Å². The van der Waals surface area contributed by atoms with Crippen LogP contribution in [0.1, 0.15) is 9.88 Å². The third kappa shape index (κ3) is 2.72. The molecule has 0 spiro atoms. The molecule has 2 aromatic rings. The molecule has 3 nitrogen and oxygen atoms in total. The van der Waals surface area contributed by atoms with Crippen LogP contribution in [0, 0.1) is 6.92 Å². The Hall–Kier alpha value is -1.59. The number of carbonyl (C=O) groups is 1. The van der Waals surface area contributed by atoms with E-state index >= 15 is 0 Å². The van der Waals surface area contributed by atoms with Gasteiger partial charge in [0.15, 0.2) is 0 Å². The Balaban J connectivity index is 1.92. The lowest BCUT2D eigenvalue weighted by molar-refractivity contribution is -0.117. The lowest BCUT2D eigenvalue weighted by Gasteiger charge is -1.96. The van der Waals surface area contributed by atoms with E-state index in [2.05, 4.69) is 29.4 Å². The minimum Gasteiger partial charge on any atom is -0.320 e. The van der Waals surface area contributed by atoms with Gasteiger partial charge in [-0.25, -0.2) is 4.98 Å². The monoisotopic (exact) mass is 288 g/mol. The van der Waals surface area contributed by atoms with E-state index in [1.54, 1.807) is 11.3 Å². The standard InChI is InChI=1S/C14H12N2OS2/c1-9-14(10-5-3-2-4-6-10)16-13(19-9)7-12-15-11(17)8-18-12/h2-7H,8H2,1H3,(H,15,17)/b12-7+. The van der Waals surface area contributed by atoms with Gasteiger partial charge in [0.1, 0.15) is 5.01 Å². The van der Waals surface area contributed by atoms with E-state index < -0.39 is 0 Å². The quantitative estimate of drug-likeness (QED) is 0.922. The second-order valence-electron chi connectivity index (χ2n) is 4.17. The first-order valence-electron chi connectivity index (χ1n) is 5.89. The normalized spacial score (nSPS) is 16.9. The number of benzene rings is 1. The zero-order valence-electron chi connectivity index (χ0n) is 10.3. The maximum absolute atomic E-state index is 11.1. The van der Waals surface area contributed by atoms with Crippen LogP contribution in [0.3, 0.4) is 0 Å². The molecule has 0 atom stereocenters. The smallest absolute Gasteiger partial charge is 0.235 e. The Morgan fingerprint density at radius 1 is 1.32 bits per heavy atom. The van der Waals surface area contributed by atoms with E-state index in [0.717, 1.165) is 21.3 Å². The van der Waals surface area contributed by atoms with Crippen LogP contribution in [0.4, 0.5) is 0 Å². The maximum atomic E-state index is 11.1. The predicted octanol–water partition coefficient (Wildman–Crippen LogP) is 3.28. The number of thiazole rings is 1. The van der Waals surface area contributed by atoms with E-state index in [9.17, 15) is 4.79 Å². The summed E-state index contributed by atoms with van der Waals surface area (Å²) in [4.78, 5) is 17.0. The Kier molecular flexibility index (Phi) is 3.40. The number of rotatable bonds is 2. The van der Waals surface area contributed by atoms with Crippen molar-refractivity contribution >= 4 is 35.1 Å². The van der Waals surface area contributed by atoms with E-state index in [-0.39, 0.29) is 5.91 Å². The first-order chi connectivity index (χ1) is 9.22. The summed E-state index contributed by atoms with van der Waals surface area (Å²) in [5.74, 6) is 0.565. The molecule has 1 aromatic carbocycles. The van der Waals surface area contributed by atoms with Crippen molar-refractivity contribution in [3.63, 3.8) is 0 Å². The zero-order chi connectivity index (χ0) is 13.2. The van der Waals surface area contributed by atoms with Crippen molar-refractivity contribution in [3.8, 4) is 11.3 Å². The maximum Gasteiger partial charge on any atom is 0.235 e. The van der Waals surface area contributed by atoms with Crippen LogP contribution in [0.25, 0.3) is 17.3 Å². The highest BCUT2D eigenvalue weighted by Gasteiger charge is 2.16. The lowest BCUT2D eigenvalue weighted by atomic mass is 10.1. The Bertz CT molecular complexity index is 647. The summed E-state index contributed by atoms with van der Waals surface area (Å²) < 4.78 is 0. The number of hydrogen-bond donors (Lipinski definition) is 1. The van der Waals surface area contributed by atoms with Gasteiger partial charge in [0.25, 0.3) is 0 Å². The fourth-order valence-corrected chi connectivity index (χ4v) is 3.59. The van der Waals surface area contributed by atoms with Gasteiger partial charge in [-0.3, -0.25) is 4.79 Å². The fourth-order valence-electron chi connectivity index (χ4n) is 1.89. The summed E-state index contributed by atoms with van der Waals surface area (Å²) in [7, 11) is 0. The SMILES string of the molecule is Cc1sc(/C=C2\NC(=O)CS2)nc1-c1ccccc1. The van der Waals surface area contributed by atoms with Gasteiger partial charge in [-0.15, -0.1) is 11.3 Å². The summed E-state index contributed by atoms with van der Waals surface area (Å²) in [6.07, 6.45) is 1.94. The van der Waals surface area contributed by atoms with Gasteiger partial charge >= 0.3 is 0 Å². The highest BCUT2D eigenvalue weighted by atomic mass is 32.2. The van der Waals surface area contributed by atoms with Gasteiger partial charge in [0.05, 0.1) is 16.5 Å². The molecule has 1 aromatic heterocycles. The fraction of sp³-hybridized carbons (Fsp3) is 0.143. The molecule has 1 saturated heterocycles. The topological polar surface area (TPSA) is 42.0 Å². The third-order valence-electron chi connectivity index (χ3n) is 2.74. The molecular formula is C14H12N2OS2. The number of thioether (sulfide) groups is 1. The minimum atomic E-state index is 0.0628. The summed E-state index contributed by atoms with van der Waals surface area (Å²) in [6, 6.07) is 10.1. The molecule has 3 rings (SSSR count). The number of nitrogens with zero attached hydrogens (tertiary/aromatic N) is 1. The second kappa shape index (κ2) is 5.19. The van der Waals surface area contributed by atoms with Crippen molar-refractivity contribution < 1.29 is 4.79 Å². The average Bonchev–Trinajstić information content (AvgIpc) is 2.97. The molecule has 1 aliphatic heterocycles. The molecular weight excluding hydrogens is 276 g/mol. The molecule has 0 aliphatic carbocycles. The first-order valence-corrected chi connectivity index (χ1v) is 7.70. The van der Waals surface area contributed by atoms with Crippen molar-refractivity contribution in [3.05, 3.63) is 45.2 Å². The summed E-state index contributed by atoms with van der Waals surface area (Å²) in [6.45, 7) is 2.07. The molecule has 1 fully saturated rings. The number of amides is 1. The van der Waals surface area contributed by atoms with E-state index in [4.69, 9.17) is 0 Å². The van der Waals surface area contributed by atoms with Crippen LogP contribution in [-0.2, 0) is 4.79 Å². The minimum absolute atomic E-state index is 0.0628. The van der Waals surface area contributed by atoms with Crippen LogP contribution in [0.15, 0.2) is 35.4 Å². The van der Waals surface area contributed by atoms with E-state index in [0.29, 0.717) is 5.75 Å². The van der Waals surface area contributed by atoms with Gasteiger partial charge < -0.3 is 5.32 Å². The average molecular weight is 288 g/mol. The molecule has 1 amide bonds. The summed E-state index contributed by atoms with van der Waals surface area (Å²) in [5.41, 5.74) is 2.15. The first kappa shape index (κ1) is 12.4. The van der Waals surface area contributed by atoms with Crippen molar-refractivity contribution in [2.45, 2.75) is 6.92 Å². The van der Waals surface area contributed by atoms with E-state index in [1.807, 2.05) is 24.3 Å². The van der Waals surface area contributed by atoms with Crippen LogP contribution in [0.2, 0.25) is 0 Å². The number of carbonyl (C=O) groups excluding carboxylic acids is 1. The zero-order valence-corrected chi connectivity index (χ0v) is 12.0. The van der Waals surface area contributed by atoms with E-state index in [1.165, 1.54) is 16.6 Å². The van der Waals surface area contributed by atoms with Gasteiger partial charge in [-0.1, -0.05) is 42.1 Å². The molecule has 0 radical (unpaired) electrons. The Morgan fingerprint density at radius 3 is 2.79 bits per heavy atom. The second-order valence-corrected chi connectivity index (χ2v) is 6.42. The molecule has 1 N–H and O–H groups in total. The summed E-state index contributed by atoms with van der Waals surface area (Å²) >= 11 is 3.17. The molecule has 19 heavy (non-hydrogen) atoms. The van der Waals surface area contributed by atoms with Crippen molar-refractivity contribution in [1.29, 1.82) is 0 Å². The largest absolute Gasteiger partial charge is 0.320 e. The van der Waals surface area contributed by atoms with Gasteiger partial charge in [0, 0.05) is 16.5 Å². The highest BCUT2D eigenvalue weighted by Crippen LogP contribution is 2.30. The van der Waals surface area contributed by atoms with Crippen LogP contribution < -0.4 is 5.32 Å². The summed E-state index contributed by atoms with van der Waals surface area (Å²) in [5, 5.41) is 4.64. The highest BCUT2D eigenvalue weighted by molar-refractivity contribution is 8.04. The van der Waals surface area contributed by atoms with Crippen molar-refractivity contribution in [2.24, 2.45) is 0 Å². The number of aryl methyl sites for hydroxylation is 1. The third-order valence-corrected chi connectivity index (χ3v) is 4.59.